The fraction of sp³-hybridized carbons (Fsp3) is 0.200. The van der Waals surface area contributed by atoms with Gasteiger partial charge in [-0.2, -0.15) is 0 Å². The number of amides is 1. The highest BCUT2D eigenvalue weighted by Crippen LogP contribution is 2.37. The fourth-order valence-electron chi connectivity index (χ4n) is 3.55. The molecule has 0 spiro atoms. The molecule has 1 amide bonds. The van der Waals surface area contributed by atoms with Crippen molar-refractivity contribution in [1.29, 1.82) is 0 Å². The van der Waals surface area contributed by atoms with Crippen molar-refractivity contribution in [1.82, 2.24) is 30.4 Å². The molecule has 184 valence electrons. The van der Waals surface area contributed by atoms with Crippen molar-refractivity contribution in [3.05, 3.63) is 72.2 Å². The van der Waals surface area contributed by atoms with Crippen molar-refractivity contribution in [2.75, 3.05) is 24.4 Å². The van der Waals surface area contributed by atoms with Gasteiger partial charge in [-0.25, -0.2) is 20.4 Å². The van der Waals surface area contributed by atoms with Gasteiger partial charge in [-0.1, -0.05) is 6.07 Å². The number of pyridine rings is 1. The number of methoxy groups -OCH3 is 1. The van der Waals surface area contributed by atoms with E-state index < -0.39 is 5.91 Å². The number of benzene rings is 1. The van der Waals surface area contributed by atoms with Crippen molar-refractivity contribution in [2.24, 2.45) is 0 Å². The van der Waals surface area contributed by atoms with E-state index in [1.807, 2.05) is 38.1 Å². The molecular weight excluding hydrogens is 460 g/mol. The minimum Gasteiger partial charge on any atom is -0.494 e. The number of rotatable bonds is 9. The molecule has 36 heavy (non-hydrogen) atoms. The zero-order valence-corrected chi connectivity index (χ0v) is 20.4. The number of nitrogens with zero attached hydrogens (tertiary/aromatic N) is 5. The first-order valence-electron chi connectivity index (χ1n) is 11.2. The van der Waals surface area contributed by atoms with Crippen LogP contribution in [0.15, 0.2) is 55.1 Å². The zero-order valence-electron chi connectivity index (χ0n) is 20.4. The van der Waals surface area contributed by atoms with Crippen LogP contribution in [0, 0.1) is 13.8 Å². The molecule has 0 aliphatic heterocycles. The molecule has 0 aliphatic carbocycles. The number of hydrogen-bond donors (Lipinski definition) is 3. The van der Waals surface area contributed by atoms with Crippen molar-refractivity contribution >= 4 is 28.9 Å². The first-order valence-corrected chi connectivity index (χ1v) is 11.2. The number of nitrogens with one attached hydrogen (secondary N) is 3. The number of hydrogen-bond acceptors (Lipinski definition) is 10. The Morgan fingerprint density at radius 1 is 0.972 bits per heavy atom. The molecule has 4 aromatic rings. The van der Waals surface area contributed by atoms with Gasteiger partial charge in [0.25, 0.3) is 5.91 Å². The van der Waals surface area contributed by atoms with E-state index in [1.54, 1.807) is 38.7 Å². The van der Waals surface area contributed by atoms with E-state index in [0.29, 0.717) is 46.9 Å². The Hall–Kier alpha value is -4.64. The molecule has 0 bridgehead atoms. The third-order valence-electron chi connectivity index (χ3n) is 5.01. The fourth-order valence-corrected chi connectivity index (χ4v) is 3.55. The second kappa shape index (κ2) is 11.2. The van der Waals surface area contributed by atoms with Crippen LogP contribution in [0.3, 0.4) is 0 Å². The lowest BCUT2D eigenvalue weighted by Gasteiger charge is -2.17. The highest BCUT2D eigenvalue weighted by atomic mass is 16.6. The average Bonchev–Trinajstić information content (AvgIpc) is 2.87. The molecule has 0 atom stereocenters. The molecule has 0 fully saturated rings. The molecule has 3 heterocycles. The van der Waals surface area contributed by atoms with Crippen LogP contribution in [0.4, 0.5) is 23.0 Å². The van der Waals surface area contributed by atoms with E-state index in [9.17, 15) is 4.79 Å². The minimum absolute atomic E-state index is 0.274. The molecule has 11 nitrogen and oxygen atoms in total. The van der Waals surface area contributed by atoms with Crippen LogP contribution in [-0.2, 0) is 4.84 Å². The summed E-state index contributed by atoms with van der Waals surface area (Å²) in [5.74, 6) is 1.80. The number of carbonyl (C=O) groups is 1. The largest absolute Gasteiger partial charge is 0.494 e. The van der Waals surface area contributed by atoms with Gasteiger partial charge in [0.2, 0.25) is 0 Å². The third-order valence-corrected chi connectivity index (χ3v) is 5.01. The predicted molar refractivity (Wildman–Crippen MR) is 135 cm³/mol. The SMILES string of the molecule is CCONC(=O)c1cnc(Nc2cc(C)nc(C)n2)cc1Nc1cccc(-c2cnccn2)c1OC. The molecule has 0 saturated heterocycles. The van der Waals surface area contributed by atoms with E-state index in [2.05, 4.69) is 41.0 Å². The molecular formula is C25H26N8O3. The van der Waals surface area contributed by atoms with Gasteiger partial charge in [0.1, 0.15) is 17.5 Å². The van der Waals surface area contributed by atoms with E-state index in [1.165, 1.54) is 6.20 Å². The summed E-state index contributed by atoms with van der Waals surface area (Å²) in [5.41, 5.74) is 6.00. The van der Waals surface area contributed by atoms with Gasteiger partial charge >= 0.3 is 0 Å². The smallest absolute Gasteiger partial charge is 0.278 e. The second-order valence-corrected chi connectivity index (χ2v) is 7.65. The van der Waals surface area contributed by atoms with Crippen LogP contribution in [0.2, 0.25) is 0 Å². The molecule has 0 aliphatic rings. The number of para-hydroxylation sites is 1. The normalized spacial score (nSPS) is 10.6. The molecule has 0 saturated carbocycles. The Bertz CT molecular complexity index is 1340. The number of carbonyl (C=O) groups excluding carboxylic acids is 1. The standard InChI is InChI=1S/C25H26N8O3/c1-5-36-33-25(34)18-13-28-22(32-23-11-15(2)29-16(3)30-23)12-20(18)31-19-8-6-7-17(24(19)35-4)21-14-26-9-10-27-21/h6-14H,5H2,1-4H3,(H,33,34)(H2,28,29,30,31,32). The quantitative estimate of drug-likeness (QED) is 0.296. The van der Waals surface area contributed by atoms with Crippen LogP contribution >= 0.6 is 0 Å². The molecule has 1 aromatic carbocycles. The van der Waals surface area contributed by atoms with Gasteiger partial charge < -0.3 is 15.4 Å². The average molecular weight is 487 g/mol. The van der Waals surface area contributed by atoms with Gasteiger partial charge in [0.15, 0.2) is 5.75 Å². The highest BCUT2D eigenvalue weighted by Gasteiger charge is 2.18. The maximum Gasteiger partial charge on any atom is 0.278 e. The lowest BCUT2D eigenvalue weighted by atomic mass is 10.1. The third kappa shape index (κ3) is 5.70. The van der Waals surface area contributed by atoms with Crippen molar-refractivity contribution in [2.45, 2.75) is 20.8 Å². The van der Waals surface area contributed by atoms with E-state index in [0.717, 1.165) is 11.3 Å². The van der Waals surface area contributed by atoms with Gasteiger partial charge in [-0.15, -0.1) is 0 Å². The highest BCUT2D eigenvalue weighted by molar-refractivity contribution is 6.00. The number of ether oxygens (including phenoxy) is 1. The maximum atomic E-state index is 12.8. The summed E-state index contributed by atoms with van der Waals surface area (Å²) in [5, 5.41) is 6.48. The maximum absolute atomic E-state index is 12.8. The second-order valence-electron chi connectivity index (χ2n) is 7.65. The molecule has 3 aromatic heterocycles. The Labute approximate surface area is 208 Å². The summed E-state index contributed by atoms with van der Waals surface area (Å²) in [4.78, 5) is 39.5. The van der Waals surface area contributed by atoms with E-state index >= 15 is 0 Å². The number of aryl methyl sites for hydroxylation is 2. The zero-order chi connectivity index (χ0) is 25.5. The lowest BCUT2D eigenvalue weighted by Crippen LogP contribution is -2.24. The van der Waals surface area contributed by atoms with Crippen LogP contribution in [0.1, 0.15) is 28.8 Å². The molecule has 11 heteroatoms. The van der Waals surface area contributed by atoms with E-state index in [-0.39, 0.29) is 5.56 Å². The minimum atomic E-state index is -0.448. The summed E-state index contributed by atoms with van der Waals surface area (Å²) in [6, 6.07) is 9.11. The Balaban J connectivity index is 1.74. The molecule has 0 unspecified atom stereocenters. The van der Waals surface area contributed by atoms with Crippen molar-refractivity contribution < 1.29 is 14.4 Å². The number of aromatic nitrogens is 5. The Kier molecular flexibility index (Phi) is 7.61. The van der Waals surface area contributed by atoms with Crippen LogP contribution in [0.25, 0.3) is 11.3 Å². The summed E-state index contributed by atoms with van der Waals surface area (Å²) in [7, 11) is 1.57. The van der Waals surface area contributed by atoms with E-state index in [4.69, 9.17) is 9.57 Å². The van der Waals surface area contributed by atoms with Crippen LogP contribution in [-0.4, -0.2) is 44.5 Å². The van der Waals surface area contributed by atoms with Crippen molar-refractivity contribution in [3.63, 3.8) is 0 Å². The topological polar surface area (TPSA) is 136 Å². The first kappa shape index (κ1) is 24.5. The molecule has 3 N–H and O–H groups in total. The van der Waals surface area contributed by atoms with Gasteiger partial charge in [0.05, 0.1) is 42.5 Å². The Morgan fingerprint density at radius 3 is 2.56 bits per heavy atom. The van der Waals surface area contributed by atoms with Gasteiger partial charge in [0, 0.05) is 42.0 Å². The van der Waals surface area contributed by atoms with Gasteiger partial charge in [-0.3, -0.25) is 19.6 Å². The summed E-state index contributed by atoms with van der Waals surface area (Å²) < 4.78 is 5.72. The van der Waals surface area contributed by atoms with Crippen LogP contribution < -0.4 is 20.9 Å². The number of anilines is 4. The van der Waals surface area contributed by atoms with Crippen molar-refractivity contribution in [3.8, 4) is 17.0 Å². The monoisotopic (exact) mass is 486 g/mol. The molecule has 0 radical (unpaired) electrons. The predicted octanol–water partition coefficient (Wildman–Crippen LogP) is 4.12. The summed E-state index contributed by atoms with van der Waals surface area (Å²) in [6.45, 7) is 5.80. The van der Waals surface area contributed by atoms with Crippen LogP contribution in [0.5, 0.6) is 5.75 Å². The van der Waals surface area contributed by atoms with Gasteiger partial charge in [-0.05, 0) is 32.9 Å². The summed E-state index contributed by atoms with van der Waals surface area (Å²) >= 11 is 0. The lowest BCUT2D eigenvalue weighted by molar-refractivity contribution is 0.0365. The first-order chi connectivity index (χ1) is 17.5. The summed E-state index contributed by atoms with van der Waals surface area (Å²) in [6.07, 6.45) is 6.33. The number of hydroxylamine groups is 1. The Morgan fingerprint density at radius 2 is 1.83 bits per heavy atom. The molecule has 4 rings (SSSR count).